The maximum absolute atomic E-state index is 12.7. The van der Waals surface area contributed by atoms with Gasteiger partial charge in [-0.15, -0.1) is 12.4 Å². The van der Waals surface area contributed by atoms with Crippen LogP contribution in [0.3, 0.4) is 0 Å². The van der Waals surface area contributed by atoms with Gasteiger partial charge < -0.3 is 10.2 Å². The largest absolute Gasteiger partial charge is 0.337 e. The number of carbonyl (C=O) groups is 1. The molecule has 1 amide bonds. The van der Waals surface area contributed by atoms with Crippen LogP contribution in [-0.4, -0.2) is 52.1 Å². The Morgan fingerprint density at radius 2 is 2.08 bits per heavy atom. The van der Waals surface area contributed by atoms with Crippen LogP contribution in [0.5, 0.6) is 0 Å². The van der Waals surface area contributed by atoms with Crippen molar-refractivity contribution in [2.24, 2.45) is 5.41 Å². The van der Waals surface area contributed by atoms with E-state index < -0.39 is 4.92 Å². The summed E-state index contributed by atoms with van der Waals surface area (Å²) in [5, 5.41) is 21.4. The van der Waals surface area contributed by atoms with Gasteiger partial charge in [-0.2, -0.15) is 5.10 Å². The molecule has 2 N–H and O–H groups in total. The van der Waals surface area contributed by atoms with Crippen LogP contribution in [0, 0.1) is 15.5 Å². The van der Waals surface area contributed by atoms with Crippen molar-refractivity contribution in [1.29, 1.82) is 0 Å². The van der Waals surface area contributed by atoms with E-state index in [9.17, 15) is 14.9 Å². The summed E-state index contributed by atoms with van der Waals surface area (Å²) in [4.78, 5) is 25.2. The number of nitro groups is 1. The van der Waals surface area contributed by atoms with Gasteiger partial charge in [-0.25, -0.2) is 0 Å². The highest BCUT2D eigenvalue weighted by molar-refractivity contribution is 5.96. The molecule has 0 bridgehead atoms. The lowest BCUT2D eigenvalue weighted by atomic mass is 9.78. The highest BCUT2D eigenvalue weighted by atomic mass is 35.5. The van der Waals surface area contributed by atoms with Gasteiger partial charge in [0, 0.05) is 19.6 Å². The average molecular weight is 358 g/mol. The second-order valence-corrected chi connectivity index (χ2v) is 6.63. The van der Waals surface area contributed by atoms with Crippen molar-refractivity contribution >= 4 is 24.0 Å². The number of rotatable bonds is 4. The van der Waals surface area contributed by atoms with E-state index in [1.165, 1.54) is 0 Å². The number of aryl methyl sites for hydroxylation is 1. The van der Waals surface area contributed by atoms with Gasteiger partial charge in [0.15, 0.2) is 0 Å². The van der Waals surface area contributed by atoms with Gasteiger partial charge in [0.25, 0.3) is 5.91 Å². The zero-order chi connectivity index (χ0) is 16.4. The van der Waals surface area contributed by atoms with Crippen molar-refractivity contribution in [3.05, 3.63) is 21.5 Å². The lowest BCUT2D eigenvalue weighted by Gasteiger charge is -2.38. The van der Waals surface area contributed by atoms with E-state index in [0.717, 1.165) is 38.8 Å². The molecule has 1 aromatic rings. The van der Waals surface area contributed by atoms with Crippen LogP contribution in [0.25, 0.3) is 0 Å². The van der Waals surface area contributed by atoms with E-state index in [4.69, 9.17) is 0 Å². The molecule has 2 saturated heterocycles. The number of carbonyl (C=O) groups excluding carboxylic acids is 1. The van der Waals surface area contributed by atoms with Gasteiger partial charge in [0.2, 0.25) is 5.69 Å². The zero-order valence-corrected chi connectivity index (χ0v) is 14.7. The fourth-order valence-electron chi connectivity index (χ4n) is 3.70. The molecule has 2 aliphatic heterocycles. The molecule has 0 saturated carbocycles. The summed E-state index contributed by atoms with van der Waals surface area (Å²) in [6.45, 7) is 5.28. The number of nitrogens with one attached hydrogen (secondary N) is 2. The van der Waals surface area contributed by atoms with Crippen LogP contribution in [-0.2, 0) is 6.42 Å². The Labute approximate surface area is 146 Å². The fourth-order valence-corrected chi connectivity index (χ4v) is 3.70. The monoisotopic (exact) mass is 357 g/mol. The van der Waals surface area contributed by atoms with Crippen molar-refractivity contribution in [3.63, 3.8) is 0 Å². The van der Waals surface area contributed by atoms with Gasteiger partial charge in [0.1, 0.15) is 5.69 Å². The molecule has 0 atom stereocenters. The molecule has 9 heteroatoms. The second-order valence-electron chi connectivity index (χ2n) is 6.63. The highest BCUT2D eigenvalue weighted by Gasteiger charge is 2.40. The lowest BCUT2D eigenvalue weighted by Crippen LogP contribution is -2.44. The molecule has 134 valence electrons. The van der Waals surface area contributed by atoms with Gasteiger partial charge in [-0.05, 0) is 37.6 Å². The smallest absolute Gasteiger partial charge is 0.322 e. The number of aromatic nitrogens is 2. The van der Waals surface area contributed by atoms with Gasteiger partial charge in [0.05, 0.1) is 4.92 Å². The summed E-state index contributed by atoms with van der Waals surface area (Å²) in [5.41, 5.74) is 0.551. The SMILES string of the molecule is CCCc1[nH]nc(C(=O)N2CCC3(CCNC3)CC2)c1[N+](=O)[O-].Cl. The average Bonchev–Trinajstić information content (AvgIpc) is 3.15. The number of H-pyrrole nitrogens is 1. The number of amides is 1. The first-order valence-electron chi connectivity index (χ1n) is 8.28. The Kier molecular flexibility index (Phi) is 5.82. The molecule has 0 radical (unpaired) electrons. The third-order valence-electron chi connectivity index (χ3n) is 5.14. The summed E-state index contributed by atoms with van der Waals surface area (Å²) in [6, 6.07) is 0. The topological polar surface area (TPSA) is 104 Å². The lowest BCUT2D eigenvalue weighted by molar-refractivity contribution is -0.385. The van der Waals surface area contributed by atoms with Crippen LogP contribution in [0.2, 0.25) is 0 Å². The first-order valence-corrected chi connectivity index (χ1v) is 8.28. The molecule has 3 heterocycles. The van der Waals surface area contributed by atoms with Gasteiger partial charge >= 0.3 is 5.69 Å². The predicted molar refractivity (Wildman–Crippen MR) is 91.5 cm³/mol. The summed E-state index contributed by atoms with van der Waals surface area (Å²) >= 11 is 0. The fraction of sp³-hybridized carbons (Fsp3) is 0.733. The van der Waals surface area contributed by atoms with Crippen molar-refractivity contribution < 1.29 is 9.72 Å². The minimum atomic E-state index is -0.492. The Morgan fingerprint density at radius 3 is 2.62 bits per heavy atom. The molecule has 3 rings (SSSR count). The molecule has 2 aliphatic rings. The molecule has 24 heavy (non-hydrogen) atoms. The zero-order valence-electron chi connectivity index (χ0n) is 13.8. The van der Waals surface area contributed by atoms with Crippen LogP contribution >= 0.6 is 12.4 Å². The molecular weight excluding hydrogens is 334 g/mol. The molecule has 1 aromatic heterocycles. The van der Waals surface area contributed by atoms with E-state index in [1.807, 2.05) is 6.92 Å². The number of aromatic amines is 1. The number of likely N-dealkylation sites (tertiary alicyclic amines) is 1. The summed E-state index contributed by atoms with van der Waals surface area (Å²) in [5.74, 6) is -0.323. The van der Waals surface area contributed by atoms with Crippen LogP contribution in [0.4, 0.5) is 5.69 Å². The van der Waals surface area contributed by atoms with Gasteiger partial charge in [-0.3, -0.25) is 20.0 Å². The van der Waals surface area contributed by atoms with Crippen molar-refractivity contribution in [1.82, 2.24) is 20.4 Å². The Hall–Kier alpha value is -1.67. The third-order valence-corrected chi connectivity index (χ3v) is 5.14. The maximum Gasteiger partial charge on any atom is 0.322 e. The highest BCUT2D eigenvalue weighted by Crippen LogP contribution is 2.37. The maximum atomic E-state index is 12.7. The summed E-state index contributed by atoms with van der Waals surface area (Å²) in [6.07, 6.45) is 4.33. The van der Waals surface area contributed by atoms with Crippen molar-refractivity contribution in [2.45, 2.75) is 39.0 Å². The predicted octanol–water partition coefficient (Wildman–Crippen LogP) is 1.91. The number of halogens is 1. The first kappa shape index (κ1) is 18.7. The first-order chi connectivity index (χ1) is 11.1. The second kappa shape index (κ2) is 7.48. The van der Waals surface area contributed by atoms with Crippen LogP contribution in [0.15, 0.2) is 0 Å². The molecule has 0 aliphatic carbocycles. The third kappa shape index (κ3) is 3.39. The molecular formula is C15H24ClN5O3. The number of piperidine rings is 1. The number of hydrogen-bond donors (Lipinski definition) is 2. The Morgan fingerprint density at radius 1 is 1.38 bits per heavy atom. The molecule has 1 spiro atoms. The van der Waals surface area contributed by atoms with Gasteiger partial charge in [-0.1, -0.05) is 13.3 Å². The Bertz CT molecular complexity index is 602. The van der Waals surface area contributed by atoms with Crippen LogP contribution in [0.1, 0.15) is 48.8 Å². The summed E-state index contributed by atoms with van der Waals surface area (Å²) < 4.78 is 0. The van der Waals surface area contributed by atoms with E-state index >= 15 is 0 Å². The molecule has 0 unspecified atom stereocenters. The number of nitrogens with zero attached hydrogens (tertiary/aromatic N) is 3. The molecule has 8 nitrogen and oxygen atoms in total. The van der Waals surface area contributed by atoms with E-state index in [2.05, 4.69) is 15.5 Å². The molecule has 0 aromatic carbocycles. The van der Waals surface area contributed by atoms with E-state index in [-0.39, 0.29) is 29.7 Å². The van der Waals surface area contributed by atoms with Crippen molar-refractivity contribution in [3.8, 4) is 0 Å². The summed E-state index contributed by atoms with van der Waals surface area (Å²) in [7, 11) is 0. The molecule has 2 fully saturated rings. The van der Waals surface area contributed by atoms with E-state index in [1.54, 1.807) is 4.90 Å². The Balaban J connectivity index is 0.00000208. The van der Waals surface area contributed by atoms with Crippen LogP contribution < -0.4 is 5.32 Å². The quantitative estimate of drug-likeness (QED) is 0.632. The number of hydrogen-bond acceptors (Lipinski definition) is 5. The minimum absolute atomic E-state index is 0. The van der Waals surface area contributed by atoms with E-state index in [0.29, 0.717) is 30.6 Å². The normalized spacial score (nSPS) is 19.3. The van der Waals surface area contributed by atoms with Crippen molar-refractivity contribution in [2.75, 3.05) is 26.2 Å². The minimum Gasteiger partial charge on any atom is -0.337 e. The standard InChI is InChI=1S/C15H23N5O3.ClH/c1-2-3-11-13(20(22)23)12(18-17-11)14(21)19-8-5-15(6-9-19)4-7-16-10-15;/h16H,2-10H2,1H3,(H,17,18);1H.